The van der Waals surface area contributed by atoms with Gasteiger partial charge in [-0.2, -0.15) is 5.26 Å². The van der Waals surface area contributed by atoms with Crippen LogP contribution in [0.2, 0.25) is 0 Å². The minimum Gasteiger partial charge on any atom is -0.211 e. The second kappa shape index (κ2) is 5.87. The molecule has 3 nitrogen and oxygen atoms in total. The first-order valence-electron chi connectivity index (χ1n) is 2.32. The molecule has 8 heavy (non-hydrogen) atoms. The monoisotopic (exact) mass is 110 g/mol. The van der Waals surface area contributed by atoms with Gasteiger partial charge in [0.15, 0.2) is 0 Å². The van der Waals surface area contributed by atoms with Gasteiger partial charge in [-0.15, -0.1) is 0 Å². The Bertz CT molecular complexity index is 130. The molecule has 0 aliphatic heterocycles. The SMILES string of the molecule is N#CCCCN=C=O. The molecule has 0 fully saturated rings. The molecule has 0 N–H and O–H groups in total. The normalized spacial score (nSPS) is 6.88. The van der Waals surface area contributed by atoms with Crippen LogP contribution < -0.4 is 0 Å². The molecule has 0 rings (SSSR count). The Morgan fingerprint density at radius 2 is 2.38 bits per heavy atom. The molecule has 0 spiro atoms. The molecule has 0 bridgehead atoms. The first-order valence-corrected chi connectivity index (χ1v) is 2.32. The van der Waals surface area contributed by atoms with Gasteiger partial charge in [-0.05, 0) is 6.42 Å². The van der Waals surface area contributed by atoms with Crippen molar-refractivity contribution in [3.63, 3.8) is 0 Å². The molecule has 0 heterocycles. The maximum atomic E-state index is 9.39. The highest BCUT2D eigenvalue weighted by atomic mass is 16.1. The van der Waals surface area contributed by atoms with Gasteiger partial charge in [0.2, 0.25) is 6.08 Å². The summed E-state index contributed by atoms with van der Waals surface area (Å²) >= 11 is 0. The minimum absolute atomic E-state index is 0.428. The van der Waals surface area contributed by atoms with Crippen molar-refractivity contribution in [3.05, 3.63) is 0 Å². The number of isocyanates is 1. The lowest BCUT2D eigenvalue weighted by atomic mass is 10.3. The number of nitrogens with zero attached hydrogens (tertiary/aromatic N) is 2. The molecule has 0 aliphatic rings. The number of unbranched alkanes of at least 4 members (excludes halogenated alkanes) is 1. The molecule has 42 valence electrons. The van der Waals surface area contributed by atoms with E-state index in [2.05, 4.69) is 4.99 Å². The zero-order valence-corrected chi connectivity index (χ0v) is 4.42. The summed E-state index contributed by atoms with van der Waals surface area (Å²) in [6.07, 6.45) is 2.51. The predicted octanol–water partition coefficient (Wildman–Crippen LogP) is 0.626. The van der Waals surface area contributed by atoms with Gasteiger partial charge < -0.3 is 0 Å². The summed E-state index contributed by atoms with van der Waals surface area (Å²) in [6, 6.07) is 1.94. The van der Waals surface area contributed by atoms with Crippen molar-refractivity contribution in [1.82, 2.24) is 0 Å². The molecule has 0 saturated carbocycles. The van der Waals surface area contributed by atoms with Crippen molar-refractivity contribution in [3.8, 4) is 6.07 Å². The van der Waals surface area contributed by atoms with Crippen LogP contribution in [0.5, 0.6) is 0 Å². The number of rotatable bonds is 3. The van der Waals surface area contributed by atoms with Gasteiger partial charge in [-0.1, -0.05) is 0 Å². The first-order chi connectivity index (χ1) is 3.91. The minimum atomic E-state index is 0.428. The van der Waals surface area contributed by atoms with Crippen LogP contribution in [-0.4, -0.2) is 12.6 Å². The van der Waals surface area contributed by atoms with E-state index in [1.54, 1.807) is 0 Å². The van der Waals surface area contributed by atoms with Gasteiger partial charge in [-0.3, -0.25) is 0 Å². The van der Waals surface area contributed by atoms with E-state index in [9.17, 15) is 4.79 Å². The number of hydrogen-bond acceptors (Lipinski definition) is 3. The molecule has 3 heteroatoms. The van der Waals surface area contributed by atoms with E-state index in [1.807, 2.05) is 6.07 Å². The fourth-order valence-corrected chi connectivity index (χ4v) is 0.283. The van der Waals surface area contributed by atoms with Crippen LogP contribution in [0, 0.1) is 11.3 Å². The summed E-state index contributed by atoms with van der Waals surface area (Å²) in [7, 11) is 0. The third-order valence-electron chi connectivity index (χ3n) is 0.623. The summed E-state index contributed by atoms with van der Waals surface area (Å²) in [4.78, 5) is 12.6. The van der Waals surface area contributed by atoms with Crippen LogP contribution in [-0.2, 0) is 4.79 Å². The van der Waals surface area contributed by atoms with Gasteiger partial charge in [-0.25, -0.2) is 9.79 Å². The van der Waals surface area contributed by atoms with Crippen molar-refractivity contribution >= 4 is 6.08 Å². The lowest BCUT2D eigenvalue weighted by molar-refractivity contribution is 0.562. The second-order valence-corrected chi connectivity index (χ2v) is 1.23. The van der Waals surface area contributed by atoms with Crippen molar-refractivity contribution in [2.24, 2.45) is 4.99 Å². The third kappa shape index (κ3) is 4.87. The van der Waals surface area contributed by atoms with Crippen LogP contribution in [0.4, 0.5) is 0 Å². The molecular formula is C5H6N2O. The maximum Gasteiger partial charge on any atom is 0.234 e. The van der Waals surface area contributed by atoms with Gasteiger partial charge in [0.1, 0.15) is 0 Å². The predicted molar refractivity (Wildman–Crippen MR) is 27.8 cm³/mol. The zero-order valence-electron chi connectivity index (χ0n) is 4.42. The molecule has 0 aromatic carbocycles. The highest BCUT2D eigenvalue weighted by molar-refractivity contribution is 5.32. The molecule has 0 saturated heterocycles. The van der Waals surface area contributed by atoms with E-state index in [0.29, 0.717) is 19.4 Å². The van der Waals surface area contributed by atoms with Crippen LogP contribution in [0.25, 0.3) is 0 Å². The number of hydrogen-bond donors (Lipinski definition) is 0. The highest BCUT2D eigenvalue weighted by Gasteiger charge is 1.79. The van der Waals surface area contributed by atoms with Crippen molar-refractivity contribution < 1.29 is 4.79 Å². The van der Waals surface area contributed by atoms with Gasteiger partial charge in [0, 0.05) is 6.42 Å². The average molecular weight is 110 g/mol. The molecule has 0 radical (unpaired) electrons. The molecule has 0 aromatic rings. The lowest BCUT2D eigenvalue weighted by Crippen LogP contribution is -1.76. The van der Waals surface area contributed by atoms with Gasteiger partial charge >= 0.3 is 0 Å². The van der Waals surface area contributed by atoms with Crippen LogP contribution in [0.1, 0.15) is 12.8 Å². The van der Waals surface area contributed by atoms with E-state index in [-0.39, 0.29) is 0 Å². The quantitative estimate of drug-likeness (QED) is 0.304. The second-order valence-electron chi connectivity index (χ2n) is 1.23. The van der Waals surface area contributed by atoms with E-state index in [0.717, 1.165) is 0 Å². The highest BCUT2D eigenvalue weighted by Crippen LogP contribution is 1.84. The van der Waals surface area contributed by atoms with E-state index < -0.39 is 0 Å². The fraction of sp³-hybridized carbons (Fsp3) is 0.600. The van der Waals surface area contributed by atoms with Crippen molar-refractivity contribution in [2.75, 3.05) is 6.54 Å². The topological polar surface area (TPSA) is 53.2 Å². The van der Waals surface area contributed by atoms with Gasteiger partial charge in [0.05, 0.1) is 12.6 Å². The first kappa shape index (κ1) is 6.87. The Labute approximate surface area is 47.6 Å². The van der Waals surface area contributed by atoms with Crippen LogP contribution in [0.15, 0.2) is 4.99 Å². The fourth-order valence-electron chi connectivity index (χ4n) is 0.283. The van der Waals surface area contributed by atoms with Crippen molar-refractivity contribution in [1.29, 1.82) is 5.26 Å². The Morgan fingerprint density at radius 1 is 1.62 bits per heavy atom. The lowest BCUT2D eigenvalue weighted by Gasteiger charge is -1.79. The van der Waals surface area contributed by atoms with Crippen molar-refractivity contribution in [2.45, 2.75) is 12.8 Å². The Hall–Kier alpha value is -1.13. The molecule has 0 aromatic heterocycles. The zero-order chi connectivity index (χ0) is 6.24. The number of aliphatic imine (C=N–C) groups is 1. The summed E-state index contributed by atoms with van der Waals surface area (Å²) in [6.45, 7) is 0.428. The number of nitriles is 1. The van der Waals surface area contributed by atoms with E-state index in [4.69, 9.17) is 5.26 Å². The smallest absolute Gasteiger partial charge is 0.211 e. The van der Waals surface area contributed by atoms with E-state index >= 15 is 0 Å². The Kier molecular flexibility index (Phi) is 5.04. The summed E-state index contributed by atoms with van der Waals surface area (Å²) in [5, 5.41) is 7.98. The molecule has 0 aliphatic carbocycles. The molecule has 0 amide bonds. The molecular weight excluding hydrogens is 104 g/mol. The van der Waals surface area contributed by atoms with E-state index in [1.165, 1.54) is 6.08 Å². The molecule has 0 unspecified atom stereocenters. The molecule has 0 atom stereocenters. The number of carbonyl (C=O) groups excluding carboxylic acids is 1. The maximum absolute atomic E-state index is 9.39. The standard InChI is InChI=1S/C5H6N2O/c6-3-1-2-4-7-5-8/h1-2,4H2. The third-order valence-corrected chi connectivity index (χ3v) is 0.623. The van der Waals surface area contributed by atoms with Gasteiger partial charge in [0.25, 0.3) is 0 Å². The summed E-state index contributed by atoms with van der Waals surface area (Å²) in [5.74, 6) is 0. The largest absolute Gasteiger partial charge is 0.234 e. The Morgan fingerprint density at radius 3 is 2.88 bits per heavy atom. The average Bonchev–Trinajstić information content (AvgIpc) is 1.81. The Balaban J connectivity index is 2.96. The summed E-state index contributed by atoms with van der Waals surface area (Å²) in [5.41, 5.74) is 0. The van der Waals surface area contributed by atoms with Crippen LogP contribution in [0.3, 0.4) is 0 Å². The summed E-state index contributed by atoms with van der Waals surface area (Å²) < 4.78 is 0. The van der Waals surface area contributed by atoms with Crippen LogP contribution >= 0.6 is 0 Å².